The Kier molecular flexibility index (Phi) is 4.37. The molecule has 0 spiro atoms. The van der Waals surface area contributed by atoms with Gasteiger partial charge in [0.15, 0.2) is 6.61 Å². The first-order chi connectivity index (χ1) is 13.4. The summed E-state index contributed by atoms with van der Waals surface area (Å²) >= 11 is 0. The molecule has 1 aliphatic rings. The molecule has 144 valence electrons. The number of halogens is 3. The summed E-state index contributed by atoms with van der Waals surface area (Å²) in [5.74, 6) is 0. The van der Waals surface area contributed by atoms with E-state index < -0.39 is 18.3 Å². The van der Waals surface area contributed by atoms with Gasteiger partial charge in [0, 0.05) is 24.0 Å². The molecule has 0 aliphatic heterocycles. The van der Waals surface area contributed by atoms with Gasteiger partial charge in [-0.1, -0.05) is 30.3 Å². The van der Waals surface area contributed by atoms with Crippen LogP contribution in [0.4, 0.5) is 13.2 Å². The molecule has 9 heteroatoms. The zero-order valence-corrected chi connectivity index (χ0v) is 14.6. The van der Waals surface area contributed by atoms with Crippen LogP contribution >= 0.6 is 0 Å². The van der Waals surface area contributed by atoms with Crippen LogP contribution in [0, 0.1) is 0 Å². The number of hydrogen-bond acceptors (Lipinski definition) is 5. The first-order valence-electron chi connectivity index (χ1n) is 8.56. The van der Waals surface area contributed by atoms with Crippen LogP contribution < -0.4 is 10.3 Å². The molecule has 0 amide bonds. The molecule has 0 N–H and O–H groups in total. The van der Waals surface area contributed by atoms with E-state index in [-0.39, 0.29) is 11.6 Å². The number of ether oxygens (including phenoxy) is 1. The zero-order chi connectivity index (χ0) is 19.8. The van der Waals surface area contributed by atoms with Crippen molar-refractivity contribution in [1.29, 1.82) is 0 Å². The highest BCUT2D eigenvalue weighted by Crippen LogP contribution is 2.48. The van der Waals surface area contributed by atoms with Gasteiger partial charge in [-0.25, -0.2) is 14.6 Å². The summed E-state index contributed by atoms with van der Waals surface area (Å²) in [6.07, 6.45) is -0.229. The van der Waals surface area contributed by atoms with Gasteiger partial charge in [-0.05, 0) is 24.5 Å². The van der Waals surface area contributed by atoms with Crippen molar-refractivity contribution in [2.45, 2.75) is 24.6 Å². The maximum Gasteiger partial charge on any atom is 0.422 e. The lowest BCUT2D eigenvalue weighted by molar-refractivity contribution is -0.154. The van der Waals surface area contributed by atoms with E-state index in [2.05, 4.69) is 19.8 Å². The van der Waals surface area contributed by atoms with E-state index in [0.29, 0.717) is 11.3 Å². The summed E-state index contributed by atoms with van der Waals surface area (Å²) in [7, 11) is 0. The molecule has 0 unspecified atom stereocenters. The first-order valence-corrected chi connectivity index (χ1v) is 8.56. The van der Waals surface area contributed by atoms with Crippen LogP contribution in [0.5, 0.6) is 6.01 Å². The second kappa shape index (κ2) is 6.74. The molecule has 6 nitrogen and oxygen atoms in total. The normalized spacial score (nSPS) is 15.2. The van der Waals surface area contributed by atoms with E-state index in [0.717, 1.165) is 18.4 Å². The van der Waals surface area contributed by atoms with E-state index >= 15 is 0 Å². The largest absolute Gasteiger partial charge is 0.454 e. The van der Waals surface area contributed by atoms with Crippen molar-refractivity contribution in [3.05, 3.63) is 70.8 Å². The second-order valence-corrected chi connectivity index (χ2v) is 6.52. The average molecular weight is 388 g/mol. The topological polar surface area (TPSA) is 69.9 Å². The number of rotatable bonds is 5. The molecule has 28 heavy (non-hydrogen) atoms. The van der Waals surface area contributed by atoms with Crippen LogP contribution in [-0.4, -0.2) is 32.5 Å². The molecular formula is C19H15F3N4O2. The molecule has 4 rings (SSSR count). The smallest absolute Gasteiger partial charge is 0.422 e. The summed E-state index contributed by atoms with van der Waals surface area (Å²) in [6, 6.07) is 12.2. The molecule has 1 fully saturated rings. The molecular weight excluding hydrogens is 373 g/mol. The lowest BCUT2D eigenvalue weighted by Gasteiger charge is -2.18. The van der Waals surface area contributed by atoms with Gasteiger partial charge in [0.05, 0.1) is 11.2 Å². The molecule has 1 aliphatic carbocycles. The highest BCUT2D eigenvalue weighted by Gasteiger charge is 2.48. The summed E-state index contributed by atoms with van der Waals surface area (Å²) in [5.41, 5.74) is 1.23. The van der Waals surface area contributed by atoms with Gasteiger partial charge in [-0.3, -0.25) is 4.79 Å². The standard InChI is InChI=1S/C19H15F3N4O2/c20-19(21,22)12-28-17-23-10-13(11-24-17)15-6-7-16(27)26(25-15)18(8-9-18)14-4-2-1-3-5-14/h1-7,10-11H,8-9,12H2. The first kappa shape index (κ1) is 18.1. The summed E-state index contributed by atoms with van der Waals surface area (Å²) in [6.45, 7) is -1.46. The summed E-state index contributed by atoms with van der Waals surface area (Å²) in [5, 5.41) is 4.47. The van der Waals surface area contributed by atoms with E-state index in [1.54, 1.807) is 0 Å². The van der Waals surface area contributed by atoms with Crippen molar-refractivity contribution in [3.63, 3.8) is 0 Å². The maximum absolute atomic E-state index is 12.4. The lowest BCUT2D eigenvalue weighted by Crippen LogP contribution is -2.33. The minimum Gasteiger partial charge on any atom is -0.454 e. The second-order valence-electron chi connectivity index (χ2n) is 6.52. The molecule has 0 saturated heterocycles. The van der Waals surface area contributed by atoms with Crippen molar-refractivity contribution in [2.24, 2.45) is 0 Å². The molecule has 2 heterocycles. The third-order valence-electron chi connectivity index (χ3n) is 4.53. The molecule has 0 radical (unpaired) electrons. The van der Waals surface area contributed by atoms with Crippen molar-refractivity contribution in [3.8, 4) is 17.3 Å². The molecule has 1 aromatic carbocycles. The fourth-order valence-electron chi connectivity index (χ4n) is 3.03. The monoisotopic (exact) mass is 388 g/mol. The van der Waals surface area contributed by atoms with Crippen molar-refractivity contribution >= 4 is 0 Å². The maximum atomic E-state index is 12.4. The summed E-state index contributed by atoms with van der Waals surface area (Å²) < 4.78 is 42.6. The Balaban J connectivity index is 1.62. The Morgan fingerprint density at radius 2 is 1.71 bits per heavy atom. The van der Waals surface area contributed by atoms with Crippen LogP contribution in [0.15, 0.2) is 59.7 Å². The summed E-state index contributed by atoms with van der Waals surface area (Å²) in [4.78, 5) is 20.0. The fourth-order valence-corrected chi connectivity index (χ4v) is 3.03. The minimum absolute atomic E-state index is 0.226. The number of aromatic nitrogens is 4. The van der Waals surface area contributed by atoms with Crippen molar-refractivity contribution in [1.82, 2.24) is 19.7 Å². The molecule has 3 aromatic rings. The van der Waals surface area contributed by atoms with Crippen LogP contribution in [0.2, 0.25) is 0 Å². The molecule has 0 bridgehead atoms. The number of hydrogen-bond donors (Lipinski definition) is 0. The van der Waals surface area contributed by atoms with Gasteiger partial charge in [0.25, 0.3) is 5.56 Å². The average Bonchev–Trinajstić information content (AvgIpc) is 3.49. The Labute approximate surface area is 157 Å². The van der Waals surface area contributed by atoms with Gasteiger partial charge >= 0.3 is 12.2 Å². The van der Waals surface area contributed by atoms with Gasteiger partial charge in [0.2, 0.25) is 0 Å². The van der Waals surface area contributed by atoms with Crippen molar-refractivity contribution < 1.29 is 17.9 Å². The Morgan fingerprint density at radius 3 is 2.32 bits per heavy atom. The van der Waals surface area contributed by atoms with Crippen LogP contribution in [-0.2, 0) is 5.54 Å². The Bertz CT molecular complexity index is 1030. The zero-order valence-electron chi connectivity index (χ0n) is 14.6. The van der Waals surface area contributed by atoms with Gasteiger partial charge in [-0.2, -0.15) is 18.3 Å². The third kappa shape index (κ3) is 3.60. The van der Waals surface area contributed by atoms with Gasteiger partial charge in [-0.15, -0.1) is 0 Å². The van der Waals surface area contributed by atoms with E-state index in [1.165, 1.54) is 29.2 Å². The Hall–Kier alpha value is -3.23. The van der Waals surface area contributed by atoms with E-state index in [9.17, 15) is 18.0 Å². The van der Waals surface area contributed by atoms with E-state index in [4.69, 9.17) is 0 Å². The Morgan fingerprint density at radius 1 is 1.04 bits per heavy atom. The van der Waals surface area contributed by atoms with Crippen LogP contribution in [0.1, 0.15) is 18.4 Å². The van der Waals surface area contributed by atoms with Crippen molar-refractivity contribution in [2.75, 3.05) is 6.61 Å². The molecule has 0 atom stereocenters. The predicted octanol–water partition coefficient (Wildman–Crippen LogP) is 3.18. The number of benzene rings is 1. The SMILES string of the molecule is O=c1ccc(-c2cnc(OCC(F)(F)F)nc2)nn1C1(c2ccccc2)CC1. The minimum atomic E-state index is -4.46. The molecule has 1 saturated carbocycles. The van der Waals surface area contributed by atoms with Gasteiger partial charge < -0.3 is 4.74 Å². The fraction of sp³-hybridized carbons (Fsp3) is 0.263. The number of alkyl halides is 3. The highest BCUT2D eigenvalue weighted by atomic mass is 19.4. The molecule has 2 aromatic heterocycles. The highest BCUT2D eigenvalue weighted by molar-refractivity contribution is 5.55. The van der Waals surface area contributed by atoms with Crippen LogP contribution in [0.3, 0.4) is 0 Å². The third-order valence-corrected chi connectivity index (χ3v) is 4.53. The van der Waals surface area contributed by atoms with Crippen LogP contribution in [0.25, 0.3) is 11.3 Å². The van der Waals surface area contributed by atoms with E-state index in [1.807, 2.05) is 30.3 Å². The van der Waals surface area contributed by atoms with Gasteiger partial charge in [0.1, 0.15) is 0 Å². The quantitative estimate of drug-likeness (QED) is 0.672. The number of nitrogens with zero attached hydrogens (tertiary/aromatic N) is 4. The predicted molar refractivity (Wildman–Crippen MR) is 93.8 cm³/mol. The lowest BCUT2D eigenvalue weighted by atomic mass is 10.1.